The van der Waals surface area contributed by atoms with Crippen molar-refractivity contribution in [3.8, 4) is 5.75 Å². The summed E-state index contributed by atoms with van der Waals surface area (Å²) in [5.41, 5.74) is 1.79. The fraction of sp³-hybridized carbons (Fsp3) is 0.200. The Morgan fingerprint density at radius 2 is 2.15 bits per heavy atom. The highest BCUT2D eigenvalue weighted by Gasteiger charge is 2.23. The number of aromatic nitrogens is 1. The summed E-state index contributed by atoms with van der Waals surface area (Å²) < 4.78 is 6.53. The first-order valence-electron chi connectivity index (χ1n) is 6.35. The number of para-hydroxylation sites is 2. The van der Waals surface area contributed by atoms with Crippen molar-refractivity contribution in [2.24, 2.45) is 0 Å². The van der Waals surface area contributed by atoms with Crippen LogP contribution in [0, 0.1) is 0 Å². The summed E-state index contributed by atoms with van der Waals surface area (Å²) in [7, 11) is 0. The fourth-order valence-electron chi connectivity index (χ4n) is 2.22. The van der Waals surface area contributed by atoms with E-state index in [4.69, 9.17) is 4.74 Å². The minimum absolute atomic E-state index is 0.0647. The molecule has 1 aliphatic rings. The Morgan fingerprint density at radius 3 is 3.00 bits per heavy atom. The van der Waals surface area contributed by atoms with E-state index in [-0.39, 0.29) is 5.91 Å². The van der Waals surface area contributed by atoms with Crippen molar-refractivity contribution >= 4 is 27.5 Å². The lowest BCUT2D eigenvalue weighted by Gasteiger charge is -2.21. The van der Waals surface area contributed by atoms with E-state index in [9.17, 15) is 4.79 Å². The number of anilines is 1. The van der Waals surface area contributed by atoms with Crippen LogP contribution in [0.5, 0.6) is 5.75 Å². The van der Waals surface area contributed by atoms with Crippen LogP contribution >= 0.6 is 15.9 Å². The topological polar surface area (TPSA) is 42.4 Å². The van der Waals surface area contributed by atoms with Crippen LogP contribution < -0.4 is 9.64 Å². The molecule has 2 aromatic rings. The standard InChI is InChI=1S/C15H13BrN2O2/c16-12-7-11(8-17-9-12)10-18-13-3-1-2-4-14(13)20-6-5-15(18)19/h1-4,7-9H,5-6,10H2. The van der Waals surface area contributed by atoms with Crippen molar-refractivity contribution in [3.05, 3.63) is 52.8 Å². The minimum Gasteiger partial charge on any atom is -0.491 e. The molecule has 0 atom stereocenters. The van der Waals surface area contributed by atoms with Gasteiger partial charge < -0.3 is 9.64 Å². The average molecular weight is 333 g/mol. The lowest BCUT2D eigenvalue weighted by molar-refractivity contribution is -0.118. The van der Waals surface area contributed by atoms with Crippen LogP contribution in [0.2, 0.25) is 0 Å². The average Bonchev–Trinajstić information content (AvgIpc) is 2.59. The van der Waals surface area contributed by atoms with Gasteiger partial charge in [0.2, 0.25) is 5.91 Å². The van der Waals surface area contributed by atoms with Gasteiger partial charge in [0.15, 0.2) is 0 Å². The van der Waals surface area contributed by atoms with Gasteiger partial charge in [-0.25, -0.2) is 0 Å². The molecule has 1 aliphatic heterocycles. The van der Waals surface area contributed by atoms with E-state index in [0.29, 0.717) is 19.6 Å². The molecule has 4 nitrogen and oxygen atoms in total. The summed E-state index contributed by atoms with van der Waals surface area (Å²) >= 11 is 3.40. The van der Waals surface area contributed by atoms with E-state index in [1.165, 1.54) is 0 Å². The molecule has 1 aromatic carbocycles. The second kappa shape index (κ2) is 5.63. The second-order valence-corrected chi connectivity index (χ2v) is 5.47. The van der Waals surface area contributed by atoms with Gasteiger partial charge in [0.05, 0.1) is 25.3 Å². The molecule has 0 fully saturated rings. The largest absolute Gasteiger partial charge is 0.491 e. The summed E-state index contributed by atoms with van der Waals surface area (Å²) in [6.45, 7) is 0.911. The van der Waals surface area contributed by atoms with E-state index < -0.39 is 0 Å². The van der Waals surface area contributed by atoms with Crippen molar-refractivity contribution in [1.29, 1.82) is 0 Å². The van der Waals surface area contributed by atoms with E-state index in [1.54, 1.807) is 17.3 Å². The van der Waals surface area contributed by atoms with Gasteiger partial charge in [0, 0.05) is 16.9 Å². The Labute approximate surface area is 125 Å². The van der Waals surface area contributed by atoms with Crippen LogP contribution in [-0.2, 0) is 11.3 Å². The van der Waals surface area contributed by atoms with Gasteiger partial charge in [-0.3, -0.25) is 9.78 Å². The molecular formula is C15H13BrN2O2. The maximum absolute atomic E-state index is 12.3. The smallest absolute Gasteiger partial charge is 0.230 e. The van der Waals surface area contributed by atoms with Gasteiger partial charge in [-0.2, -0.15) is 0 Å². The molecule has 0 bridgehead atoms. The van der Waals surface area contributed by atoms with Gasteiger partial charge in [-0.05, 0) is 39.7 Å². The SMILES string of the molecule is O=C1CCOc2ccccc2N1Cc1cncc(Br)c1. The van der Waals surface area contributed by atoms with E-state index in [1.807, 2.05) is 30.3 Å². The van der Waals surface area contributed by atoms with Gasteiger partial charge in [0.1, 0.15) is 5.75 Å². The number of fused-ring (bicyclic) bond motifs is 1. The van der Waals surface area contributed by atoms with E-state index in [2.05, 4.69) is 20.9 Å². The number of amides is 1. The third-order valence-corrected chi connectivity index (χ3v) is 3.57. The molecule has 0 saturated heterocycles. The molecule has 0 spiro atoms. The highest BCUT2D eigenvalue weighted by Crippen LogP contribution is 2.32. The number of pyridine rings is 1. The predicted molar refractivity (Wildman–Crippen MR) is 79.7 cm³/mol. The Morgan fingerprint density at radius 1 is 1.30 bits per heavy atom. The highest BCUT2D eigenvalue weighted by molar-refractivity contribution is 9.10. The lowest BCUT2D eigenvalue weighted by Crippen LogP contribution is -2.29. The lowest BCUT2D eigenvalue weighted by atomic mass is 10.2. The molecule has 102 valence electrons. The van der Waals surface area contributed by atoms with Crippen molar-refractivity contribution < 1.29 is 9.53 Å². The molecule has 0 saturated carbocycles. The molecule has 2 heterocycles. The van der Waals surface area contributed by atoms with Crippen LogP contribution in [0.25, 0.3) is 0 Å². The van der Waals surface area contributed by atoms with Crippen LogP contribution in [-0.4, -0.2) is 17.5 Å². The van der Waals surface area contributed by atoms with Crippen LogP contribution in [0.4, 0.5) is 5.69 Å². The van der Waals surface area contributed by atoms with Crippen molar-refractivity contribution in [2.45, 2.75) is 13.0 Å². The first-order valence-corrected chi connectivity index (χ1v) is 7.15. The van der Waals surface area contributed by atoms with E-state index >= 15 is 0 Å². The zero-order chi connectivity index (χ0) is 13.9. The predicted octanol–water partition coefficient (Wildman–Crippen LogP) is 3.16. The van der Waals surface area contributed by atoms with Crippen LogP contribution in [0.3, 0.4) is 0 Å². The Hall–Kier alpha value is -1.88. The fourth-order valence-corrected chi connectivity index (χ4v) is 2.63. The number of halogens is 1. The van der Waals surface area contributed by atoms with Crippen molar-refractivity contribution in [3.63, 3.8) is 0 Å². The Bertz CT molecular complexity index is 645. The maximum atomic E-state index is 12.3. The Balaban J connectivity index is 1.96. The Kier molecular flexibility index (Phi) is 3.69. The van der Waals surface area contributed by atoms with Crippen molar-refractivity contribution in [2.75, 3.05) is 11.5 Å². The number of rotatable bonds is 2. The first kappa shape index (κ1) is 13.1. The summed E-state index contributed by atoms with van der Waals surface area (Å²) in [4.78, 5) is 18.2. The van der Waals surface area contributed by atoms with Gasteiger partial charge >= 0.3 is 0 Å². The molecule has 20 heavy (non-hydrogen) atoms. The number of hydrogen-bond acceptors (Lipinski definition) is 3. The van der Waals surface area contributed by atoms with E-state index in [0.717, 1.165) is 21.5 Å². The molecule has 0 N–H and O–H groups in total. The van der Waals surface area contributed by atoms with Crippen LogP contribution in [0.1, 0.15) is 12.0 Å². The third-order valence-electron chi connectivity index (χ3n) is 3.13. The number of carbonyl (C=O) groups is 1. The second-order valence-electron chi connectivity index (χ2n) is 4.56. The number of carbonyl (C=O) groups excluding carboxylic acids is 1. The molecule has 0 unspecified atom stereocenters. The summed E-state index contributed by atoms with van der Waals surface area (Å²) in [5.74, 6) is 0.816. The maximum Gasteiger partial charge on any atom is 0.230 e. The molecule has 5 heteroatoms. The van der Waals surface area contributed by atoms with Gasteiger partial charge in [-0.1, -0.05) is 12.1 Å². The molecular weight excluding hydrogens is 320 g/mol. The van der Waals surface area contributed by atoms with Gasteiger partial charge in [0.25, 0.3) is 0 Å². The van der Waals surface area contributed by atoms with Gasteiger partial charge in [-0.15, -0.1) is 0 Å². The number of benzene rings is 1. The molecule has 0 aliphatic carbocycles. The summed E-state index contributed by atoms with van der Waals surface area (Å²) in [5, 5.41) is 0. The summed E-state index contributed by atoms with van der Waals surface area (Å²) in [6, 6.07) is 9.58. The zero-order valence-electron chi connectivity index (χ0n) is 10.8. The molecule has 1 aromatic heterocycles. The number of ether oxygens (including phenoxy) is 1. The minimum atomic E-state index is 0.0647. The van der Waals surface area contributed by atoms with Crippen molar-refractivity contribution in [1.82, 2.24) is 4.98 Å². The monoisotopic (exact) mass is 332 g/mol. The molecule has 0 radical (unpaired) electrons. The number of nitrogens with zero attached hydrogens (tertiary/aromatic N) is 2. The number of hydrogen-bond donors (Lipinski definition) is 0. The zero-order valence-corrected chi connectivity index (χ0v) is 12.3. The highest BCUT2D eigenvalue weighted by atomic mass is 79.9. The van der Waals surface area contributed by atoms with Crippen LogP contribution in [0.15, 0.2) is 47.2 Å². The first-order chi connectivity index (χ1) is 9.74. The molecule has 1 amide bonds. The summed E-state index contributed by atoms with van der Waals surface area (Å²) in [6.07, 6.45) is 3.88. The molecule has 3 rings (SSSR count). The third kappa shape index (κ3) is 2.67. The normalized spacial score (nSPS) is 14.4. The quantitative estimate of drug-likeness (QED) is 0.848.